The van der Waals surface area contributed by atoms with Crippen molar-refractivity contribution >= 4 is 29.8 Å². The summed E-state index contributed by atoms with van der Waals surface area (Å²) in [5.74, 6) is -3.96. The molecule has 4 N–H and O–H groups in total. The summed E-state index contributed by atoms with van der Waals surface area (Å²) >= 11 is 0. The van der Waals surface area contributed by atoms with Crippen LogP contribution in [0.15, 0.2) is 0 Å². The SMILES string of the molecule is CC(C)(C)OC(=O)NNC(=O)CCCC(=O)N(CC(=O)O)CC(=O)O. The van der Waals surface area contributed by atoms with Gasteiger partial charge in [0.15, 0.2) is 0 Å². The molecule has 11 heteroatoms. The van der Waals surface area contributed by atoms with Gasteiger partial charge in [-0.3, -0.25) is 24.6 Å². The summed E-state index contributed by atoms with van der Waals surface area (Å²) < 4.78 is 4.90. The molecule has 0 spiro atoms. The van der Waals surface area contributed by atoms with E-state index in [1.54, 1.807) is 20.8 Å². The molecule has 0 aromatic heterocycles. The highest BCUT2D eigenvalue weighted by Crippen LogP contribution is 2.06. The van der Waals surface area contributed by atoms with Crippen molar-refractivity contribution in [3.8, 4) is 0 Å². The van der Waals surface area contributed by atoms with Crippen LogP contribution in [0.25, 0.3) is 0 Å². The molecule has 11 nitrogen and oxygen atoms in total. The van der Waals surface area contributed by atoms with E-state index in [-0.39, 0.29) is 19.3 Å². The molecule has 0 aliphatic heterocycles. The van der Waals surface area contributed by atoms with Crippen molar-refractivity contribution in [3.05, 3.63) is 0 Å². The van der Waals surface area contributed by atoms with Gasteiger partial charge in [-0.2, -0.15) is 0 Å². The number of amides is 3. The number of carboxylic acid groups (broad SMARTS) is 2. The number of carbonyl (C=O) groups is 5. The fourth-order valence-corrected chi connectivity index (χ4v) is 1.60. The first-order valence-corrected chi connectivity index (χ1v) is 7.40. The second-order valence-electron chi connectivity index (χ2n) is 6.07. The highest BCUT2D eigenvalue weighted by Gasteiger charge is 2.20. The number of aliphatic carboxylic acids is 2. The van der Waals surface area contributed by atoms with Crippen LogP contribution in [-0.2, 0) is 23.9 Å². The fraction of sp³-hybridized carbons (Fsp3) is 0.643. The molecule has 0 bridgehead atoms. The van der Waals surface area contributed by atoms with Gasteiger partial charge in [0.25, 0.3) is 0 Å². The van der Waals surface area contributed by atoms with E-state index in [2.05, 4.69) is 5.43 Å². The zero-order valence-electron chi connectivity index (χ0n) is 14.3. The maximum absolute atomic E-state index is 11.8. The Bertz CT molecular complexity index is 511. The number of hydrogen-bond donors (Lipinski definition) is 4. The van der Waals surface area contributed by atoms with Crippen molar-refractivity contribution in [1.82, 2.24) is 15.8 Å². The molecule has 0 atom stereocenters. The number of carbonyl (C=O) groups excluding carboxylic acids is 3. The van der Waals surface area contributed by atoms with Crippen LogP contribution >= 0.6 is 0 Å². The number of nitrogens with zero attached hydrogens (tertiary/aromatic N) is 1. The topological polar surface area (TPSA) is 162 Å². The predicted octanol–water partition coefficient (Wildman–Crippen LogP) is -0.290. The summed E-state index contributed by atoms with van der Waals surface area (Å²) in [5, 5.41) is 17.3. The molecule has 0 aromatic rings. The first-order chi connectivity index (χ1) is 11.4. The van der Waals surface area contributed by atoms with E-state index in [4.69, 9.17) is 14.9 Å². The van der Waals surface area contributed by atoms with Crippen molar-refractivity contribution in [2.75, 3.05) is 13.1 Å². The smallest absolute Gasteiger partial charge is 0.426 e. The van der Waals surface area contributed by atoms with Gasteiger partial charge in [0.1, 0.15) is 18.7 Å². The maximum atomic E-state index is 11.8. The summed E-state index contributed by atoms with van der Waals surface area (Å²) in [7, 11) is 0. The van der Waals surface area contributed by atoms with Crippen LogP contribution < -0.4 is 10.9 Å². The summed E-state index contributed by atoms with van der Waals surface area (Å²) in [6, 6.07) is 0. The van der Waals surface area contributed by atoms with Crippen LogP contribution in [0, 0.1) is 0 Å². The molecule has 0 aromatic carbocycles. The number of hydrogen-bond acceptors (Lipinski definition) is 6. The molecule has 0 aliphatic carbocycles. The lowest BCUT2D eigenvalue weighted by atomic mass is 10.2. The molecule has 0 aliphatic rings. The number of hydrazine groups is 1. The second-order valence-corrected chi connectivity index (χ2v) is 6.07. The van der Waals surface area contributed by atoms with Gasteiger partial charge in [-0.25, -0.2) is 10.2 Å². The molecule has 0 radical (unpaired) electrons. The Labute approximate surface area is 144 Å². The molecule has 0 unspecified atom stereocenters. The minimum Gasteiger partial charge on any atom is -0.480 e. The Balaban J connectivity index is 4.20. The van der Waals surface area contributed by atoms with Crippen LogP contribution in [-0.4, -0.2) is 63.6 Å². The van der Waals surface area contributed by atoms with E-state index in [9.17, 15) is 24.0 Å². The van der Waals surface area contributed by atoms with Crippen LogP contribution in [0.3, 0.4) is 0 Å². The van der Waals surface area contributed by atoms with Gasteiger partial charge in [0, 0.05) is 12.8 Å². The molecular weight excluding hydrogens is 338 g/mol. The van der Waals surface area contributed by atoms with E-state index >= 15 is 0 Å². The summed E-state index contributed by atoms with van der Waals surface area (Å²) in [6.07, 6.45) is -1.13. The van der Waals surface area contributed by atoms with E-state index in [1.165, 1.54) is 0 Å². The van der Waals surface area contributed by atoms with Crippen LogP contribution in [0.4, 0.5) is 4.79 Å². The lowest BCUT2D eigenvalue weighted by Crippen LogP contribution is -2.44. The van der Waals surface area contributed by atoms with E-state index in [0.29, 0.717) is 4.90 Å². The van der Waals surface area contributed by atoms with Crippen molar-refractivity contribution < 1.29 is 38.9 Å². The molecule has 0 saturated carbocycles. The Hall–Kier alpha value is -2.85. The summed E-state index contributed by atoms with van der Waals surface area (Å²) in [4.78, 5) is 56.6. The van der Waals surface area contributed by atoms with Gasteiger partial charge in [0.2, 0.25) is 11.8 Å². The van der Waals surface area contributed by atoms with Crippen molar-refractivity contribution in [3.63, 3.8) is 0 Å². The Morgan fingerprint density at radius 1 is 0.920 bits per heavy atom. The van der Waals surface area contributed by atoms with Crippen LogP contribution in [0.2, 0.25) is 0 Å². The Morgan fingerprint density at radius 3 is 1.88 bits per heavy atom. The monoisotopic (exact) mass is 361 g/mol. The van der Waals surface area contributed by atoms with Crippen molar-refractivity contribution in [2.45, 2.75) is 45.6 Å². The highest BCUT2D eigenvalue weighted by molar-refractivity contribution is 5.85. The lowest BCUT2D eigenvalue weighted by Gasteiger charge is -2.20. The summed E-state index contributed by atoms with van der Waals surface area (Å²) in [6.45, 7) is 3.48. The normalized spacial score (nSPS) is 10.5. The minimum atomic E-state index is -1.34. The number of ether oxygens (including phenoxy) is 1. The minimum absolute atomic E-state index is 0.0520. The number of nitrogens with one attached hydrogen (secondary N) is 2. The Kier molecular flexibility index (Phi) is 8.95. The van der Waals surface area contributed by atoms with Gasteiger partial charge >= 0.3 is 18.0 Å². The van der Waals surface area contributed by atoms with Gasteiger partial charge < -0.3 is 19.8 Å². The predicted molar refractivity (Wildman–Crippen MR) is 83.2 cm³/mol. The van der Waals surface area contributed by atoms with E-state index in [0.717, 1.165) is 0 Å². The lowest BCUT2D eigenvalue weighted by molar-refractivity contribution is -0.149. The number of rotatable bonds is 8. The highest BCUT2D eigenvalue weighted by atomic mass is 16.6. The standard InChI is InChI=1S/C14H23N3O8/c1-14(2,3)25-13(24)16-15-9(18)5-4-6-10(19)17(7-11(20)21)8-12(22)23/h4-8H2,1-3H3,(H,15,18)(H,16,24)(H,20,21)(H,22,23). The average molecular weight is 361 g/mol. The maximum Gasteiger partial charge on any atom is 0.426 e. The van der Waals surface area contributed by atoms with Crippen LogP contribution in [0.5, 0.6) is 0 Å². The molecule has 0 rings (SSSR count). The molecule has 0 fully saturated rings. The molecule has 3 amide bonds. The molecular formula is C14H23N3O8. The molecule has 0 saturated heterocycles. The fourth-order valence-electron chi connectivity index (χ4n) is 1.60. The van der Waals surface area contributed by atoms with Gasteiger partial charge in [-0.1, -0.05) is 0 Å². The number of carboxylic acids is 2. The third kappa shape index (κ3) is 12.3. The Morgan fingerprint density at radius 2 is 1.44 bits per heavy atom. The van der Waals surface area contributed by atoms with Gasteiger partial charge in [-0.05, 0) is 27.2 Å². The second kappa shape index (κ2) is 10.1. The first kappa shape index (κ1) is 22.1. The first-order valence-electron chi connectivity index (χ1n) is 7.40. The van der Waals surface area contributed by atoms with E-state index in [1.807, 2.05) is 5.43 Å². The van der Waals surface area contributed by atoms with Crippen molar-refractivity contribution in [1.29, 1.82) is 0 Å². The average Bonchev–Trinajstić information content (AvgIpc) is 2.41. The van der Waals surface area contributed by atoms with Gasteiger partial charge in [0.05, 0.1) is 0 Å². The molecule has 0 heterocycles. The van der Waals surface area contributed by atoms with Crippen LogP contribution in [0.1, 0.15) is 40.0 Å². The van der Waals surface area contributed by atoms with Crippen molar-refractivity contribution in [2.24, 2.45) is 0 Å². The molecule has 142 valence electrons. The quantitative estimate of drug-likeness (QED) is 0.429. The van der Waals surface area contributed by atoms with E-state index < -0.39 is 48.5 Å². The zero-order valence-corrected chi connectivity index (χ0v) is 14.3. The molecule has 25 heavy (non-hydrogen) atoms. The zero-order chi connectivity index (χ0) is 19.6. The van der Waals surface area contributed by atoms with Gasteiger partial charge in [-0.15, -0.1) is 0 Å². The largest absolute Gasteiger partial charge is 0.480 e. The summed E-state index contributed by atoms with van der Waals surface area (Å²) in [5.41, 5.74) is 3.41. The third-order valence-corrected chi connectivity index (χ3v) is 2.50. The third-order valence-electron chi connectivity index (χ3n) is 2.50.